The molecule has 1 aliphatic rings. The summed E-state index contributed by atoms with van der Waals surface area (Å²) in [6, 6.07) is 1.71. The Morgan fingerprint density at radius 1 is 1.44 bits per heavy atom. The zero-order chi connectivity index (χ0) is 13.3. The predicted octanol–water partition coefficient (Wildman–Crippen LogP) is 1.54. The highest BCUT2D eigenvalue weighted by Crippen LogP contribution is 2.28. The SMILES string of the molecule is COC(=O)c1cc(N2CC(C)C(C)C2)ncc1N. The fraction of sp³-hybridized carbons (Fsp3) is 0.538. The summed E-state index contributed by atoms with van der Waals surface area (Å²) >= 11 is 0. The van der Waals surface area contributed by atoms with E-state index in [9.17, 15) is 4.79 Å². The predicted molar refractivity (Wildman–Crippen MR) is 70.5 cm³/mol. The van der Waals surface area contributed by atoms with Crippen LogP contribution in [0.15, 0.2) is 12.3 Å². The maximum atomic E-state index is 11.6. The normalized spacial score (nSPS) is 23.2. The van der Waals surface area contributed by atoms with Crippen LogP contribution >= 0.6 is 0 Å². The number of ether oxygens (including phenoxy) is 1. The van der Waals surface area contributed by atoms with E-state index in [0.717, 1.165) is 18.9 Å². The Kier molecular flexibility index (Phi) is 3.41. The molecule has 0 spiro atoms. The fourth-order valence-corrected chi connectivity index (χ4v) is 2.23. The van der Waals surface area contributed by atoms with Crippen molar-refractivity contribution in [2.24, 2.45) is 11.8 Å². The molecule has 0 amide bonds. The lowest BCUT2D eigenvalue weighted by molar-refractivity contribution is 0.0602. The zero-order valence-electron chi connectivity index (χ0n) is 11.0. The largest absolute Gasteiger partial charge is 0.465 e. The lowest BCUT2D eigenvalue weighted by Gasteiger charge is -2.18. The first-order valence-corrected chi connectivity index (χ1v) is 6.11. The van der Waals surface area contributed by atoms with Crippen LogP contribution < -0.4 is 10.6 Å². The van der Waals surface area contributed by atoms with Gasteiger partial charge < -0.3 is 15.4 Å². The number of rotatable bonds is 2. The van der Waals surface area contributed by atoms with E-state index in [2.05, 4.69) is 23.7 Å². The van der Waals surface area contributed by atoms with Crippen LogP contribution in [0.1, 0.15) is 24.2 Å². The van der Waals surface area contributed by atoms with Gasteiger partial charge in [-0.2, -0.15) is 0 Å². The Morgan fingerprint density at radius 2 is 2.06 bits per heavy atom. The van der Waals surface area contributed by atoms with Crippen LogP contribution in [-0.2, 0) is 4.74 Å². The molecule has 1 aromatic heterocycles. The van der Waals surface area contributed by atoms with E-state index in [0.29, 0.717) is 23.1 Å². The van der Waals surface area contributed by atoms with Gasteiger partial charge in [0.1, 0.15) is 5.82 Å². The van der Waals surface area contributed by atoms with Gasteiger partial charge in [-0.25, -0.2) is 9.78 Å². The average molecular weight is 249 g/mol. The molecule has 1 aliphatic heterocycles. The molecule has 5 nitrogen and oxygen atoms in total. The number of methoxy groups -OCH3 is 1. The van der Waals surface area contributed by atoms with Crippen molar-refractivity contribution >= 4 is 17.5 Å². The Bertz CT molecular complexity index is 452. The minimum atomic E-state index is -0.420. The Labute approximate surface area is 107 Å². The minimum absolute atomic E-state index is 0.353. The van der Waals surface area contributed by atoms with E-state index in [1.165, 1.54) is 13.3 Å². The Morgan fingerprint density at radius 3 is 2.61 bits per heavy atom. The molecule has 0 bridgehead atoms. The van der Waals surface area contributed by atoms with Crippen LogP contribution in [0, 0.1) is 11.8 Å². The van der Waals surface area contributed by atoms with Gasteiger partial charge >= 0.3 is 5.97 Å². The summed E-state index contributed by atoms with van der Waals surface area (Å²) < 4.78 is 4.71. The molecule has 5 heteroatoms. The van der Waals surface area contributed by atoms with Crippen LogP contribution in [0.2, 0.25) is 0 Å². The highest BCUT2D eigenvalue weighted by atomic mass is 16.5. The van der Waals surface area contributed by atoms with Crippen LogP contribution in [-0.4, -0.2) is 31.2 Å². The van der Waals surface area contributed by atoms with Crippen molar-refractivity contribution in [3.8, 4) is 0 Å². The molecule has 0 aromatic carbocycles. The number of carbonyl (C=O) groups excluding carboxylic acids is 1. The van der Waals surface area contributed by atoms with Crippen molar-refractivity contribution < 1.29 is 9.53 Å². The second-order valence-corrected chi connectivity index (χ2v) is 4.98. The molecule has 0 radical (unpaired) electrons. The maximum absolute atomic E-state index is 11.6. The fourth-order valence-electron chi connectivity index (χ4n) is 2.23. The Hall–Kier alpha value is -1.78. The summed E-state index contributed by atoms with van der Waals surface area (Å²) in [5.74, 6) is 1.63. The third kappa shape index (κ3) is 2.25. The summed E-state index contributed by atoms with van der Waals surface area (Å²) in [6.07, 6.45) is 1.52. The highest BCUT2D eigenvalue weighted by molar-refractivity contribution is 5.95. The molecule has 2 heterocycles. The van der Waals surface area contributed by atoms with Crippen molar-refractivity contribution in [2.45, 2.75) is 13.8 Å². The first kappa shape index (κ1) is 12.7. The average Bonchev–Trinajstić information content (AvgIpc) is 2.69. The van der Waals surface area contributed by atoms with E-state index in [-0.39, 0.29) is 0 Å². The summed E-state index contributed by atoms with van der Waals surface area (Å²) in [5, 5.41) is 0. The van der Waals surface area contributed by atoms with Crippen LogP contribution in [0.3, 0.4) is 0 Å². The van der Waals surface area contributed by atoms with Crippen molar-refractivity contribution in [1.82, 2.24) is 4.98 Å². The van der Waals surface area contributed by atoms with E-state index in [4.69, 9.17) is 10.5 Å². The Balaban J connectivity index is 2.27. The summed E-state index contributed by atoms with van der Waals surface area (Å²) in [7, 11) is 1.35. The number of hydrogen-bond donors (Lipinski definition) is 1. The molecule has 2 unspecified atom stereocenters. The number of hydrogen-bond acceptors (Lipinski definition) is 5. The highest BCUT2D eigenvalue weighted by Gasteiger charge is 2.27. The second-order valence-electron chi connectivity index (χ2n) is 4.98. The number of carbonyl (C=O) groups is 1. The quantitative estimate of drug-likeness (QED) is 0.805. The zero-order valence-corrected chi connectivity index (χ0v) is 11.0. The van der Waals surface area contributed by atoms with Crippen LogP contribution in [0.5, 0.6) is 0 Å². The van der Waals surface area contributed by atoms with Gasteiger partial charge in [-0.15, -0.1) is 0 Å². The first-order valence-electron chi connectivity index (χ1n) is 6.11. The van der Waals surface area contributed by atoms with Crippen LogP contribution in [0.4, 0.5) is 11.5 Å². The molecular weight excluding hydrogens is 230 g/mol. The van der Waals surface area contributed by atoms with Gasteiger partial charge in [-0.05, 0) is 17.9 Å². The maximum Gasteiger partial charge on any atom is 0.340 e. The van der Waals surface area contributed by atoms with Crippen molar-refractivity contribution in [2.75, 3.05) is 30.8 Å². The number of anilines is 2. The molecule has 2 atom stereocenters. The number of pyridine rings is 1. The number of nitrogens with zero attached hydrogens (tertiary/aromatic N) is 2. The number of aromatic nitrogens is 1. The van der Waals surface area contributed by atoms with Gasteiger partial charge in [0, 0.05) is 13.1 Å². The van der Waals surface area contributed by atoms with Gasteiger partial charge in [-0.1, -0.05) is 13.8 Å². The van der Waals surface area contributed by atoms with E-state index in [1.807, 2.05) is 0 Å². The van der Waals surface area contributed by atoms with Crippen molar-refractivity contribution in [3.05, 3.63) is 17.8 Å². The molecule has 1 fully saturated rings. The number of nitrogen functional groups attached to an aromatic ring is 1. The van der Waals surface area contributed by atoms with E-state index >= 15 is 0 Å². The molecule has 98 valence electrons. The van der Waals surface area contributed by atoms with Gasteiger partial charge in [0.25, 0.3) is 0 Å². The van der Waals surface area contributed by atoms with Gasteiger partial charge in [0.15, 0.2) is 0 Å². The number of nitrogens with two attached hydrogens (primary N) is 1. The third-order valence-electron chi connectivity index (χ3n) is 3.64. The molecule has 0 saturated carbocycles. The molecular formula is C13H19N3O2. The molecule has 1 saturated heterocycles. The molecule has 18 heavy (non-hydrogen) atoms. The van der Waals surface area contributed by atoms with Crippen molar-refractivity contribution in [1.29, 1.82) is 0 Å². The summed E-state index contributed by atoms with van der Waals surface area (Å²) in [4.78, 5) is 18.1. The van der Waals surface area contributed by atoms with Gasteiger partial charge in [0.05, 0.1) is 24.6 Å². The molecule has 2 N–H and O–H groups in total. The summed E-state index contributed by atoms with van der Waals surface area (Å²) in [6.45, 7) is 6.36. The van der Waals surface area contributed by atoms with Gasteiger partial charge in [-0.3, -0.25) is 0 Å². The second kappa shape index (κ2) is 4.84. The topological polar surface area (TPSA) is 68.5 Å². The molecule has 1 aromatic rings. The van der Waals surface area contributed by atoms with E-state index in [1.54, 1.807) is 6.07 Å². The molecule has 0 aliphatic carbocycles. The lowest BCUT2D eigenvalue weighted by atomic mass is 10.0. The standard InChI is InChI=1S/C13H19N3O2/c1-8-6-16(7-9(8)2)12-4-10(13(17)18-3)11(14)5-15-12/h4-5,8-9H,6-7,14H2,1-3H3. The smallest absolute Gasteiger partial charge is 0.340 e. The van der Waals surface area contributed by atoms with Crippen LogP contribution in [0.25, 0.3) is 0 Å². The van der Waals surface area contributed by atoms with Crippen molar-refractivity contribution in [3.63, 3.8) is 0 Å². The summed E-state index contributed by atoms with van der Waals surface area (Å²) in [5.41, 5.74) is 6.47. The number of esters is 1. The monoisotopic (exact) mass is 249 g/mol. The third-order valence-corrected chi connectivity index (χ3v) is 3.64. The first-order chi connectivity index (χ1) is 8.52. The van der Waals surface area contributed by atoms with Gasteiger partial charge in [0.2, 0.25) is 0 Å². The van der Waals surface area contributed by atoms with E-state index < -0.39 is 5.97 Å². The molecule has 2 rings (SSSR count). The minimum Gasteiger partial charge on any atom is -0.465 e. The lowest BCUT2D eigenvalue weighted by Crippen LogP contribution is -2.21.